The largest absolute Gasteiger partial charge is 0.494 e. The van der Waals surface area contributed by atoms with E-state index in [2.05, 4.69) is 10.6 Å². The van der Waals surface area contributed by atoms with E-state index in [9.17, 15) is 9.59 Å². The standard InChI is InChI=1S/C24H28N2O4/c1-29-21-14-20(26-24(28)16-6-4-3-5-7-16)22(30-2)13-19(21)25-23(27)12-18-11-15-8-9-17(18)10-15/h3-7,13-15,17-18H,8-12H2,1-2H3,(H,25,27)(H,26,28)/t15-,17-,18-/m1/s1. The Morgan fingerprint density at radius 1 is 0.933 bits per heavy atom. The predicted molar refractivity (Wildman–Crippen MR) is 116 cm³/mol. The number of carbonyl (C=O) groups is 2. The van der Waals surface area contributed by atoms with Crippen LogP contribution in [0.15, 0.2) is 42.5 Å². The van der Waals surface area contributed by atoms with Gasteiger partial charge in [-0.05, 0) is 49.1 Å². The lowest BCUT2D eigenvalue weighted by atomic mass is 9.86. The Bertz CT molecular complexity index is 928. The molecule has 2 bridgehead atoms. The van der Waals surface area contributed by atoms with Crippen LogP contribution in [0.1, 0.15) is 42.5 Å². The van der Waals surface area contributed by atoms with E-state index in [4.69, 9.17) is 9.47 Å². The molecule has 158 valence electrons. The summed E-state index contributed by atoms with van der Waals surface area (Å²) in [7, 11) is 3.07. The molecule has 0 saturated heterocycles. The normalized spacial score (nSPS) is 21.9. The van der Waals surface area contributed by atoms with Crippen LogP contribution in [-0.2, 0) is 4.79 Å². The van der Waals surface area contributed by atoms with Crippen molar-refractivity contribution in [2.45, 2.75) is 32.1 Å². The lowest BCUT2D eigenvalue weighted by Gasteiger charge is -2.21. The second-order valence-corrected chi connectivity index (χ2v) is 8.26. The van der Waals surface area contributed by atoms with E-state index in [0.29, 0.717) is 46.7 Å². The van der Waals surface area contributed by atoms with E-state index in [-0.39, 0.29) is 11.8 Å². The van der Waals surface area contributed by atoms with Gasteiger partial charge in [-0.2, -0.15) is 0 Å². The maximum atomic E-state index is 12.7. The van der Waals surface area contributed by atoms with Crippen LogP contribution in [0.5, 0.6) is 11.5 Å². The molecule has 0 unspecified atom stereocenters. The monoisotopic (exact) mass is 408 g/mol. The van der Waals surface area contributed by atoms with Crippen molar-refractivity contribution in [2.75, 3.05) is 24.9 Å². The molecule has 30 heavy (non-hydrogen) atoms. The number of amides is 2. The molecule has 3 atom stereocenters. The number of hydrogen-bond acceptors (Lipinski definition) is 4. The number of carbonyl (C=O) groups excluding carboxylic acids is 2. The first-order chi connectivity index (χ1) is 14.6. The van der Waals surface area contributed by atoms with E-state index < -0.39 is 0 Å². The maximum absolute atomic E-state index is 12.7. The second kappa shape index (κ2) is 8.78. The molecule has 0 heterocycles. The fourth-order valence-electron chi connectivity index (χ4n) is 4.94. The second-order valence-electron chi connectivity index (χ2n) is 8.26. The highest BCUT2D eigenvalue weighted by molar-refractivity contribution is 6.05. The molecule has 2 aliphatic rings. The van der Waals surface area contributed by atoms with Gasteiger partial charge in [-0.25, -0.2) is 0 Å². The topological polar surface area (TPSA) is 76.7 Å². The fraction of sp³-hybridized carbons (Fsp3) is 0.417. The van der Waals surface area contributed by atoms with Crippen molar-refractivity contribution in [1.82, 2.24) is 0 Å². The Hall–Kier alpha value is -3.02. The maximum Gasteiger partial charge on any atom is 0.255 e. The molecule has 0 radical (unpaired) electrons. The van der Waals surface area contributed by atoms with Crippen LogP contribution in [0.25, 0.3) is 0 Å². The van der Waals surface area contributed by atoms with Crippen LogP contribution < -0.4 is 20.1 Å². The van der Waals surface area contributed by atoms with Crippen LogP contribution in [0.2, 0.25) is 0 Å². The summed E-state index contributed by atoms with van der Waals surface area (Å²) in [4.78, 5) is 25.2. The molecule has 2 saturated carbocycles. The third-order valence-electron chi connectivity index (χ3n) is 6.41. The molecule has 6 nitrogen and oxygen atoms in total. The number of hydrogen-bond donors (Lipinski definition) is 2. The quantitative estimate of drug-likeness (QED) is 0.695. The van der Waals surface area contributed by atoms with Crippen molar-refractivity contribution in [2.24, 2.45) is 17.8 Å². The molecular formula is C24H28N2O4. The summed E-state index contributed by atoms with van der Waals surface area (Å²) >= 11 is 0. The predicted octanol–water partition coefficient (Wildman–Crippen LogP) is 4.72. The van der Waals surface area contributed by atoms with Crippen molar-refractivity contribution >= 4 is 23.2 Å². The minimum atomic E-state index is -0.246. The first-order valence-corrected chi connectivity index (χ1v) is 10.5. The molecule has 2 N–H and O–H groups in total. The molecule has 4 rings (SSSR count). The molecule has 0 aliphatic heterocycles. The summed E-state index contributed by atoms with van der Waals surface area (Å²) in [6, 6.07) is 12.3. The lowest BCUT2D eigenvalue weighted by Crippen LogP contribution is -2.20. The van der Waals surface area contributed by atoms with Gasteiger partial charge in [0.05, 0.1) is 25.6 Å². The Morgan fingerprint density at radius 3 is 2.17 bits per heavy atom. The van der Waals surface area contributed by atoms with Gasteiger partial charge < -0.3 is 20.1 Å². The third kappa shape index (κ3) is 4.27. The zero-order valence-electron chi connectivity index (χ0n) is 17.4. The first kappa shape index (κ1) is 20.3. The molecule has 6 heteroatoms. The van der Waals surface area contributed by atoms with E-state index >= 15 is 0 Å². The van der Waals surface area contributed by atoms with Crippen molar-refractivity contribution in [3.05, 3.63) is 48.0 Å². The third-order valence-corrected chi connectivity index (χ3v) is 6.41. The molecule has 2 aromatic carbocycles. The minimum Gasteiger partial charge on any atom is -0.494 e. The van der Waals surface area contributed by atoms with Gasteiger partial charge in [-0.1, -0.05) is 24.6 Å². The molecule has 0 spiro atoms. The number of fused-ring (bicyclic) bond motifs is 2. The average molecular weight is 408 g/mol. The molecule has 2 aromatic rings. The van der Waals surface area contributed by atoms with Gasteiger partial charge in [0.2, 0.25) is 5.91 Å². The smallest absolute Gasteiger partial charge is 0.255 e. The van der Waals surface area contributed by atoms with Gasteiger partial charge >= 0.3 is 0 Å². The van der Waals surface area contributed by atoms with Gasteiger partial charge in [0, 0.05) is 24.1 Å². The Balaban J connectivity index is 1.48. The van der Waals surface area contributed by atoms with Gasteiger partial charge in [0.1, 0.15) is 11.5 Å². The van der Waals surface area contributed by atoms with E-state index in [1.54, 1.807) is 24.3 Å². The fourth-order valence-corrected chi connectivity index (χ4v) is 4.94. The van der Waals surface area contributed by atoms with Gasteiger partial charge in [0.15, 0.2) is 0 Å². The number of ether oxygens (including phenoxy) is 2. The summed E-state index contributed by atoms with van der Waals surface area (Å²) < 4.78 is 10.9. The number of anilines is 2. The van der Waals surface area contributed by atoms with Crippen LogP contribution in [0, 0.1) is 17.8 Å². The van der Waals surface area contributed by atoms with E-state index in [1.165, 1.54) is 39.9 Å². The molecular weight excluding hydrogens is 380 g/mol. The zero-order chi connectivity index (χ0) is 21.1. The summed E-state index contributed by atoms with van der Waals surface area (Å²) in [5.41, 5.74) is 1.57. The number of nitrogens with one attached hydrogen (secondary N) is 2. The van der Waals surface area contributed by atoms with Gasteiger partial charge in [-0.15, -0.1) is 0 Å². The summed E-state index contributed by atoms with van der Waals surface area (Å²) in [6.45, 7) is 0. The first-order valence-electron chi connectivity index (χ1n) is 10.5. The SMILES string of the molecule is COc1cc(NC(=O)c2ccccc2)c(OC)cc1NC(=O)C[C@H]1C[C@@H]2CC[C@@H]1C2. The summed E-state index contributed by atoms with van der Waals surface area (Å²) in [5, 5.41) is 5.83. The Morgan fingerprint density at radius 2 is 1.60 bits per heavy atom. The molecule has 2 aliphatic carbocycles. The number of rotatable bonds is 7. The number of benzene rings is 2. The minimum absolute atomic E-state index is 0.00558. The van der Waals surface area contributed by atoms with Gasteiger partial charge in [-0.3, -0.25) is 9.59 Å². The Labute approximate surface area is 177 Å². The van der Waals surface area contributed by atoms with Crippen molar-refractivity contribution in [3.63, 3.8) is 0 Å². The van der Waals surface area contributed by atoms with Crippen molar-refractivity contribution in [3.8, 4) is 11.5 Å². The van der Waals surface area contributed by atoms with Crippen LogP contribution in [0.3, 0.4) is 0 Å². The van der Waals surface area contributed by atoms with Gasteiger partial charge in [0.25, 0.3) is 5.91 Å². The van der Waals surface area contributed by atoms with E-state index in [1.807, 2.05) is 18.2 Å². The van der Waals surface area contributed by atoms with Crippen molar-refractivity contribution < 1.29 is 19.1 Å². The van der Waals surface area contributed by atoms with Crippen LogP contribution >= 0.6 is 0 Å². The highest BCUT2D eigenvalue weighted by Crippen LogP contribution is 2.49. The van der Waals surface area contributed by atoms with Crippen LogP contribution in [0.4, 0.5) is 11.4 Å². The molecule has 0 aromatic heterocycles. The van der Waals surface area contributed by atoms with Crippen LogP contribution in [-0.4, -0.2) is 26.0 Å². The number of methoxy groups -OCH3 is 2. The average Bonchev–Trinajstić information content (AvgIpc) is 3.38. The lowest BCUT2D eigenvalue weighted by molar-refractivity contribution is -0.117. The highest BCUT2D eigenvalue weighted by atomic mass is 16.5. The summed E-state index contributed by atoms with van der Waals surface area (Å²) in [6.07, 6.45) is 5.58. The molecule has 2 amide bonds. The zero-order valence-corrected chi connectivity index (χ0v) is 17.4. The molecule has 2 fully saturated rings. The Kier molecular flexibility index (Phi) is 5.93. The highest BCUT2D eigenvalue weighted by Gasteiger charge is 2.40. The van der Waals surface area contributed by atoms with Crippen molar-refractivity contribution in [1.29, 1.82) is 0 Å². The summed E-state index contributed by atoms with van der Waals surface area (Å²) in [5.74, 6) is 2.68. The van der Waals surface area contributed by atoms with E-state index in [0.717, 1.165) is 5.92 Å².